The van der Waals surface area contributed by atoms with E-state index < -0.39 is 73.6 Å². The third-order valence-electron chi connectivity index (χ3n) is 14.3. The number of amides is 4. The van der Waals surface area contributed by atoms with Crippen LogP contribution in [0.1, 0.15) is 97.5 Å². The lowest BCUT2D eigenvalue weighted by Gasteiger charge is -2.35. The van der Waals surface area contributed by atoms with Gasteiger partial charge in [0.15, 0.2) is 0 Å². The second kappa shape index (κ2) is 18.9. The van der Waals surface area contributed by atoms with E-state index in [0.717, 1.165) is 82.3 Å². The molecule has 3 aliphatic heterocycles. The minimum absolute atomic E-state index is 0.00892. The molecule has 4 heterocycles. The number of alkyl carbamates (subject to hydrolysis) is 1. The van der Waals surface area contributed by atoms with Gasteiger partial charge in [-0.1, -0.05) is 51.1 Å². The van der Waals surface area contributed by atoms with Gasteiger partial charge in [-0.15, -0.1) is 6.58 Å². The Kier molecular flexibility index (Phi) is 13.6. The van der Waals surface area contributed by atoms with Gasteiger partial charge in [-0.2, -0.15) is 0 Å². The normalized spacial score (nSPS) is 29.5. The minimum Gasteiger partial charge on any atom is -0.492 e. The Balaban J connectivity index is 1.13. The minimum atomic E-state index is -4.02. The van der Waals surface area contributed by atoms with Crippen LogP contribution < -0.4 is 24.8 Å². The summed E-state index contributed by atoms with van der Waals surface area (Å²) in [5, 5.41) is 6.59. The van der Waals surface area contributed by atoms with Crippen LogP contribution in [0.4, 0.5) is 4.79 Å². The molecule has 7 unspecified atom stereocenters. The third kappa shape index (κ3) is 10.2. The number of ether oxygens (including phenoxy) is 4. The van der Waals surface area contributed by atoms with Crippen molar-refractivity contribution in [1.29, 1.82) is 0 Å². The summed E-state index contributed by atoms with van der Waals surface area (Å²) in [6.45, 7) is 15.4. The summed E-state index contributed by atoms with van der Waals surface area (Å²) in [5.74, 6) is -1.43. The summed E-state index contributed by atoms with van der Waals surface area (Å²) in [5.41, 5.74) is -1.01. The summed E-state index contributed by atoms with van der Waals surface area (Å²) in [7, 11) is -4.02. The van der Waals surface area contributed by atoms with Gasteiger partial charge in [-0.05, 0) is 94.6 Å². The van der Waals surface area contributed by atoms with Crippen molar-refractivity contribution < 1.29 is 46.5 Å². The lowest BCUT2D eigenvalue weighted by atomic mass is 9.85. The number of hydrogen-bond donors (Lipinski definition) is 3. The van der Waals surface area contributed by atoms with E-state index in [2.05, 4.69) is 39.0 Å². The van der Waals surface area contributed by atoms with E-state index in [1.54, 1.807) is 6.92 Å². The van der Waals surface area contributed by atoms with Crippen LogP contribution in [0.3, 0.4) is 0 Å². The summed E-state index contributed by atoms with van der Waals surface area (Å²) < 4.78 is 52.7. The number of hydrogen-bond acceptors (Lipinski definition) is 12. The van der Waals surface area contributed by atoms with Crippen LogP contribution in [0.5, 0.6) is 11.6 Å². The highest BCUT2D eigenvalue weighted by Crippen LogP contribution is 2.47. The molecule has 3 N–H and O–H groups in total. The number of rotatable bonds is 11. The molecule has 0 spiro atoms. The number of aromatic nitrogens is 1. The Labute approximate surface area is 382 Å². The van der Waals surface area contributed by atoms with Crippen LogP contribution in [0, 0.1) is 17.3 Å². The van der Waals surface area contributed by atoms with E-state index in [-0.39, 0.29) is 31.4 Å². The Morgan fingerprint density at radius 2 is 1.85 bits per heavy atom. The molecule has 17 heteroatoms. The Morgan fingerprint density at radius 1 is 1.08 bits per heavy atom. The summed E-state index contributed by atoms with van der Waals surface area (Å²) >= 11 is 0. The second-order valence-electron chi connectivity index (χ2n) is 20.1. The fraction of sp³-hybridized carbons (Fsp3) is 0.646. The van der Waals surface area contributed by atoms with Gasteiger partial charge in [0.1, 0.15) is 35.6 Å². The molecule has 1 aromatic carbocycles. The molecular weight excluding hydrogens is 853 g/mol. The maximum absolute atomic E-state index is 15.0. The number of benzene rings is 1. The van der Waals surface area contributed by atoms with Gasteiger partial charge in [0, 0.05) is 37.4 Å². The van der Waals surface area contributed by atoms with Crippen LogP contribution in [0.2, 0.25) is 0 Å². The highest BCUT2D eigenvalue weighted by Gasteiger charge is 2.63. The number of nitrogens with zero attached hydrogens (tertiary/aromatic N) is 3. The van der Waals surface area contributed by atoms with E-state index in [4.69, 9.17) is 23.9 Å². The lowest BCUT2D eigenvalue weighted by Crippen LogP contribution is -2.60. The van der Waals surface area contributed by atoms with Crippen LogP contribution in [0.15, 0.2) is 49.1 Å². The van der Waals surface area contributed by atoms with Crippen molar-refractivity contribution in [3.63, 3.8) is 0 Å². The molecule has 16 nitrogen and oxygen atoms in total. The zero-order valence-corrected chi connectivity index (χ0v) is 39.1. The SMILES string of the molecule is C=CC1CC1(NC(=O)C1CC2CN1C(=O)C(C(C)(C)C)NC(=O)OC1CCCC1CCC=CCc1c(nc3ccccc3c1OCCCN1CCOCC1)O2)C(=O)NS(=O)(=O)C1(C)CC1. The number of sulfonamides is 1. The molecule has 65 heavy (non-hydrogen) atoms. The topological polar surface area (TPSA) is 195 Å². The van der Waals surface area contributed by atoms with Crippen molar-refractivity contribution in [1.82, 2.24) is 30.1 Å². The quantitative estimate of drug-likeness (QED) is 0.203. The first-order chi connectivity index (χ1) is 31.0. The van der Waals surface area contributed by atoms with Crippen molar-refractivity contribution in [2.75, 3.05) is 46.0 Å². The predicted molar refractivity (Wildman–Crippen MR) is 244 cm³/mol. The number of carbonyl (C=O) groups is 4. The monoisotopic (exact) mass is 918 g/mol. The Bertz CT molecular complexity index is 2290. The molecule has 1 aromatic heterocycles. The van der Waals surface area contributed by atoms with E-state index in [9.17, 15) is 27.6 Å². The smallest absolute Gasteiger partial charge is 0.408 e. The molecule has 0 radical (unpaired) electrons. The first kappa shape index (κ1) is 46.8. The number of pyridine rings is 1. The molecule has 7 atom stereocenters. The lowest BCUT2D eigenvalue weighted by molar-refractivity contribution is -0.143. The number of nitrogens with one attached hydrogen (secondary N) is 3. The van der Waals surface area contributed by atoms with Crippen LogP contribution in [-0.4, -0.2) is 128 Å². The van der Waals surface area contributed by atoms with E-state index in [0.29, 0.717) is 43.0 Å². The molecule has 2 bridgehead atoms. The average Bonchev–Trinajstić information content (AvgIpc) is 4.09. The molecule has 6 aliphatic rings. The zero-order chi connectivity index (χ0) is 46.1. The standard InChI is InChI=1S/C48H66N6O10S/c1-6-32-29-48(32,44(57)52-65(59,60)47(5)20-21-47)51-41(55)37-28-33-30-54(37)43(56)40(46(2,3)4)50-45(58)64-38-19-12-15-31(38)14-8-7-9-17-35-39(62-25-13-22-53-23-26-61-27-24-53)34-16-10-11-18-36(34)49-42(35)63-33/h6-7,9-11,16,18,31-33,37-38,40H,1,8,12-15,17,19-30H2,2-5H3,(H,50,58)(H,51,55)(H,52,57). The summed E-state index contributed by atoms with van der Waals surface area (Å²) in [4.78, 5) is 66.1. The van der Waals surface area contributed by atoms with Crippen molar-refractivity contribution in [3.05, 3.63) is 54.6 Å². The van der Waals surface area contributed by atoms with Gasteiger partial charge in [0.05, 0.1) is 42.2 Å². The van der Waals surface area contributed by atoms with Gasteiger partial charge in [0.2, 0.25) is 27.7 Å². The zero-order valence-electron chi connectivity index (χ0n) is 38.3. The van der Waals surface area contributed by atoms with Crippen molar-refractivity contribution >= 4 is 44.7 Å². The molecule has 2 saturated heterocycles. The summed E-state index contributed by atoms with van der Waals surface area (Å²) in [6.07, 6.45) is 10.4. The van der Waals surface area contributed by atoms with Gasteiger partial charge in [-0.25, -0.2) is 18.2 Å². The number of morpholine rings is 1. The molecule has 2 aromatic rings. The first-order valence-corrected chi connectivity index (χ1v) is 25.0. The van der Waals surface area contributed by atoms with Crippen LogP contribution in [-0.2, 0) is 40.3 Å². The van der Waals surface area contributed by atoms with E-state index in [1.807, 2.05) is 45.0 Å². The Hall–Kier alpha value is -4.74. The summed E-state index contributed by atoms with van der Waals surface area (Å²) in [6, 6.07) is 5.46. The van der Waals surface area contributed by atoms with Crippen molar-refractivity contribution in [2.24, 2.45) is 17.3 Å². The molecule has 3 aliphatic carbocycles. The van der Waals surface area contributed by atoms with Gasteiger partial charge in [-0.3, -0.25) is 24.0 Å². The highest BCUT2D eigenvalue weighted by atomic mass is 32.2. The highest BCUT2D eigenvalue weighted by molar-refractivity contribution is 7.91. The van der Waals surface area contributed by atoms with Gasteiger partial charge < -0.3 is 34.5 Å². The number of para-hydroxylation sites is 1. The fourth-order valence-corrected chi connectivity index (χ4v) is 11.1. The third-order valence-corrected chi connectivity index (χ3v) is 16.5. The molecule has 354 valence electrons. The largest absolute Gasteiger partial charge is 0.492 e. The Morgan fingerprint density at radius 3 is 2.57 bits per heavy atom. The number of fused-ring (bicyclic) bond motifs is 5. The predicted octanol–water partition coefficient (Wildman–Crippen LogP) is 4.95. The van der Waals surface area contributed by atoms with Crippen molar-refractivity contribution in [2.45, 2.75) is 133 Å². The average molecular weight is 919 g/mol. The first-order valence-electron chi connectivity index (χ1n) is 23.5. The second-order valence-corrected chi connectivity index (χ2v) is 22.3. The molecule has 4 amide bonds. The fourth-order valence-electron chi connectivity index (χ4n) is 9.80. The molecular formula is C48H66N6O10S. The van der Waals surface area contributed by atoms with Gasteiger partial charge in [0.25, 0.3) is 5.91 Å². The molecule has 3 saturated carbocycles. The maximum atomic E-state index is 15.0. The van der Waals surface area contributed by atoms with Crippen LogP contribution >= 0.6 is 0 Å². The van der Waals surface area contributed by atoms with E-state index in [1.165, 1.54) is 11.0 Å². The molecule has 5 fully saturated rings. The van der Waals surface area contributed by atoms with E-state index >= 15 is 0 Å². The van der Waals surface area contributed by atoms with Gasteiger partial charge >= 0.3 is 6.09 Å². The van der Waals surface area contributed by atoms with Crippen LogP contribution in [0.25, 0.3) is 10.9 Å². The molecule has 8 rings (SSSR count). The van der Waals surface area contributed by atoms with Crippen molar-refractivity contribution in [3.8, 4) is 11.6 Å². The maximum Gasteiger partial charge on any atom is 0.408 e. The number of allylic oxidation sites excluding steroid dienone is 2. The number of carbonyl (C=O) groups excluding carboxylic acids is 4.